The Morgan fingerprint density at radius 2 is 2.08 bits per heavy atom. The van der Waals surface area contributed by atoms with Gasteiger partial charge < -0.3 is 29.4 Å². The van der Waals surface area contributed by atoms with Gasteiger partial charge in [-0.3, -0.25) is 4.90 Å². The average Bonchev–Trinajstić information content (AvgIpc) is 3.08. The fraction of sp³-hybridized carbons (Fsp3) is 0.667. The number of hydrogen-bond acceptors (Lipinski definition) is 7. The van der Waals surface area contributed by atoms with Gasteiger partial charge in [0.15, 0.2) is 6.29 Å². The molecule has 4 rings (SSSR count). The van der Waals surface area contributed by atoms with Crippen molar-refractivity contribution in [2.45, 2.75) is 37.1 Å². The third-order valence-electron chi connectivity index (χ3n) is 5.32. The molecule has 0 saturated carbocycles. The molecule has 7 nitrogen and oxygen atoms in total. The van der Waals surface area contributed by atoms with E-state index in [2.05, 4.69) is 10.2 Å². The molecule has 2 bridgehead atoms. The maximum Gasteiger partial charge on any atom is 0.176 e. The Morgan fingerprint density at radius 1 is 1.28 bits per heavy atom. The zero-order valence-electron chi connectivity index (χ0n) is 14.5. The summed E-state index contributed by atoms with van der Waals surface area (Å²) in [5.74, 6) is 0.839. The van der Waals surface area contributed by atoms with E-state index in [0.717, 1.165) is 24.4 Å². The average molecular weight is 350 g/mol. The van der Waals surface area contributed by atoms with Gasteiger partial charge in [0.05, 0.1) is 45.1 Å². The van der Waals surface area contributed by atoms with Gasteiger partial charge in [-0.2, -0.15) is 0 Å². The number of fused-ring (bicyclic) bond motifs is 2. The van der Waals surface area contributed by atoms with Gasteiger partial charge in [0.2, 0.25) is 0 Å². The van der Waals surface area contributed by atoms with Crippen LogP contribution >= 0.6 is 0 Å². The lowest BCUT2D eigenvalue weighted by Gasteiger charge is -2.45. The van der Waals surface area contributed by atoms with Gasteiger partial charge in [-0.25, -0.2) is 0 Å². The minimum absolute atomic E-state index is 0.132. The molecular weight excluding hydrogens is 324 g/mol. The van der Waals surface area contributed by atoms with Crippen LogP contribution in [0.15, 0.2) is 24.3 Å². The van der Waals surface area contributed by atoms with E-state index in [9.17, 15) is 5.11 Å². The second kappa shape index (κ2) is 7.57. The zero-order valence-corrected chi connectivity index (χ0v) is 14.5. The molecule has 0 aliphatic carbocycles. The van der Waals surface area contributed by atoms with E-state index in [1.807, 2.05) is 24.3 Å². The van der Waals surface area contributed by atoms with E-state index < -0.39 is 6.10 Å². The van der Waals surface area contributed by atoms with Gasteiger partial charge in [-0.15, -0.1) is 0 Å². The second-order valence-corrected chi connectivity index (χ2v) is 6.72. The second-order valence-electron chi connectivity index (χ2n) is 6.72. The van der Waals surface area contributed by atoms with Crippen molar-refractivity contribution in [3.05, 3.63) is 29.8 Å². The van der Waals surface area contributed by atoms with Gasteiger partial charge in [0.25, 0.3) is 0 Å². The van der Waals surface area contributed by atoms with Crippen LogP contribution in [0.25, 0.3) is 0 Å². The Kier molecular flexibility index (Phi) is 5.21. The van der Waals surface area contributed by atoms with Crippen LogP contribution in [0.1, 0.15) is 5.56 Å². The summed E-state index contributed by atoms with van der Waals surface area (Å²) in [5, 5.41) is 14.5. The van der Waals surface area contributed by atoms with Crippen molar-refractivity contribution < 1.29 is 24.1 Å². The summed E-state index contributed by atoms with van der Waals surface area (Å²) in [5.41, 5.74) is 1.06. The molecule has 2 N–H and O–H groups in total. The van der Waals surface area contributed by atoms with E-state index in [-0.39, 0.29) is 24.5 Å². The lowest BCUT2D eigenvalue weighted by molar-refractivity contribution is -0.191. The summed E-state index contributed by atoms with van der Waals surface area (Å²) in [7, 11) is 1.67. The Morgan fingerprint density at radius 3 is 2.88 bits per heavy atom. The first kappa shape index (κ1) is 17.2. The number of benzene rings is 1. The standard InChI is InChI=1S/C18H26N2O5/c1-22-13-5-3-2-4-12(13)10-19-15-14-11-24-18(25-14)16(17(15)21)20-6-8-23-9-7-20/h2-5,14-19,21H,6-11H2,1H3/t14-,15-,16+,17-,18+/m0/s1. The number of ether oxygens (including phenoxy) is 4. The number of rotatable bonds is 5. The third-order valence-corrected chi connectivity index (χ3v) is 5.32. The molecule has 3 saturated heterocycles. The van der Waals surface area contributed by atoms with Crippen molar-refractivity contribution >= 4 is 0 Å². The predicted octanol–water partition coefficient (Wildman–Crippen LogP) is -0.0298. The normalized spacial score (nSPS) is 35.7. The lowest BCUT2D eigenvalue weighted by atomic mass is 9.94. The van der Waals surface area contributed by atoms with Crippen molar-refractivity contribution in [2.24, 2.45) is 0 Å². The maximum absolute atomic E-state index is 11.0. The molecule has 0 radical (unpaired) electrons. The summed E-state index contributed by atoms with van der Waals surface area (Å²) < 4.78 is 22.7. The van der Waals surface area contributed by atoms with E-state index in [0.29, 0.717) is 26.4 Å². The number of nitrogens with zero attached hydrogens (tertiary/aromatic N) is 1. The maximum atomic E-state index is 11.0. The first-order valence-electron chi connectivity index (χ1n) is 8.90. The number of morpholine rings is 1. The third kappa shape index (κ3) is 3.40. The molecular formula is C18H26N2O5. The molecule has 138 valence electrons. The monoisotopic (exact) mass is 350 g/mol. The number of aliphatic hydroxyl groups excluding tert-OH is 1. The van der Waals surface area contributed by atoms with Gasteiger partial charge in [-0.1, -0.05) is 18.2 Å². The summed E-state index contributed by atoms with van der Waals surface area (Å²) in [6.45, 7) is 4.04. The quantitative estimate of drug-likeness (QED) is 0.773. The summed E-state index contributed by atoms with van der Waals surface area (Å²) >= 11 is 0. The molecule has 1 aromatic rings. The number of methoxy groups -OCH3 is 1. The molecule has 3 heterocycles. The highest BCUT2D eigenvalue weighted by Crippen LogP contribution is 2.32. The smallest absolute Gasteiger partial charge is 0.176 e. The highest BCUT2D eigenvalue weighted by molar-refractivity contribution is 5.33. The van der Waals surface area contributed by atoms with Crippen molar-refractivity contribution in [3.8, 4) is 5.75 Å². The van der Waals surface area contributed by atoms with E-state index in [1.54, 1.807) is 7.11 Å². The Hall–Kier alpha value is -1.22. The largest absolute Gasteiger partial charge is 0.496 e. The number of aliphatic hydroxyl groups is 1. The van der Waals surface area contributed by atoms with Crippen LogP contribution in [-0.4, -0.2) is 80.6 Å². The van der Waals surface area contributed by atoms with E-state index >= 15 is 0 Å². The van der Waals surface area contributed by atoms with Crippen LogP contribution < -0.4 is 10.1 Å². The molecule has 5 atom stereocenters. The zero-order chi connectivity index (χ0) is 17.2. The molecule has 1 aromatic carbocycles. The minimum Gasteiger partial charge on any atom is -0.496 e. The lowest BCUT2D eigenvalue weighted by Crippen LogP contribution is -2.65. The molecule has 7 heteroatoms. The molecule has 0 unspecified atom stereocenters. The van der Waals surface area contributed by atoms with Gasteiger partial charge in [-0.05, 0) is 6.07 Å². The van der Waals surface area contributed by atoms with E-state index in [4.69, 9.17) is 18.9 Å². The number of nitrogens with one attached hydrogen (secondary N) is 1. The number of para-hydroxylation sites is 1. The minimum atomic E-state index is -0.556. The van der Waals surface area contributed by atoms with Crippen LogP contribution in [0.2, 0.25) is 0 Å². The first-order valence-corrected chi connectivity index (χ1v) is 8.90. The summed E-state index contributed by atoms with van der Waals surface area (Å²) in [6.07, 6.45) is -1.05. The van der Waals surface area contributed by atoms with Crippen molar-refractivity contribution in [1.82, 2.24) is 10.2 Å². The Bertz CT molecular complexity index is 580. The fourth-order valence-corrected chi connectivity index (χ4v) is 3.99. The van der Waals surface area contributed by atoms with Crippen LogP contribution in [0, 0.1) is 0 Å². The van der Waals surface area contributed by atoms with Crippen molar-refractivity contribution in [2.75, 3.05) is 40.0 Å². The molecule has 0 spiro atoms. The fourth-order valence-electron chi connectivity index (χ4n) is 3.99. The van der Waals surface area contributed by atoms with Gasteiger partial charge in [0.1, 0.15) is 11.9 Å². The molecule has 3 aliphatic heterocycles. The molecule has 25 heavy (non-hydrogen) atoms. The van der Waals surface area contributed by atoms with Gasteiger partial charge >= 0.3 is 0 Å². The van der Waals surface area contributed by atoms with Crippen LogP contribution in [0.4, 0.5) is 0 Å². The Labute approximate surface area is 147 Å². The van der Waals surface area contributed by atoms with Crippen LogP contribution in [0.5, 0.6) is 5.75 Å². The Balaban J connectivity index is 1.46. The topological polar surface area (TPSA) is 72.4 Å². The van der Waals surface area contributed by atoms with Gasteiger partial charge in [0, 0.05) is 25.2 Å². The van der Waals surface area contributed by atoms with Crippen LogP contribution in [-0.2, 0) is 20.8 Å². The number of hydrogen-bond donors (Lipinski definition) is 2. The molecule has 0 amide bonds. The SMILES string of the molecule is COc1ccccc1CN[C@@H]1[C@H](O)[C@@H](N2CCOCC2)[C@@H]2OC[C@@H]1O2. The first-order chi connectivity index (χ1) is 12.3. The highest BCUT2D eigenvalue weighted by atomic mass is 16.7. The molecule has 3 aliphatic rings. The highest BCUT2D eigenvalue weighted by Gasteiger charge is 2.52. The molecule has 0 aromatic heterocycles. The van der Waals surface area contributed by atoms with Crippen molar-refractivity contribution in [3.63, 3.8) is 0 Å². The van der Waals surface area contributed by atoms with Crippen molar-refractivity contribution in [1.29, 1.82) is 0 Å². The van der Waals surface area contributed by atoms with Crippen LogP contribution in [0.3, 0.4) is 0 Å². The summed E-state index contributed by atoms with van der Waals surface area (Å²) in [4.78, 5) is 2.22. The van der Waals surface area contributed by atoms with E-state index in [1.165, 1.54) is 0 Å². The molecule has 3 fully saturated rings. The summed E-state index contributed by atoms with van der Waals surface area (Å²) in [6, 6.07) is 7.55. The predicted molar refractivity (Wildman–Crippen MR) is 90.4 cm³/mol.